The Morgan fingerprint density at radius 2 is 1.47 bits per heavy atom. The van der Waals surface area contributed by atoms with Crippen LogP contribution in [0.5, 0.6) is 11.5 Å². The predicted molar refractivity (Wildman–Crippen MR) is 127 cm³/mol. The second-order valence-corrected chi connectivity index (χ2v) is 8.52. The lowest BCUT2D eigenvalue weighted by atomic mass is 10.0. The second-order valence-electron chi connectivity index (χ2n) is 8.52. The van der Waals surface area contributed by atoms with E-state index in [9.17, 15) is 26.7 Å². The Hall–Kier alpha value is -2.84. The van der Waals surface area contributed by atoms with Crippen molar-refractivity contribution in [2.24, 2.45) is 0 Å². The molecule has 2 rings (SSSR count). The molecular formula is C27H33F5O4. The summed E-state index contributed by atoms with van der Waals surface area (Å²) in [4.78, 5) is 11.9. The first-order valence-electron chi connectivity index (χ1n) is 12.3. The number of alkyl halides is 3. The lowest BCUT2D eigenvalue weighted by Crippen LogP contribution is -2.34. The van der Waals surface area contributed by atoms with Crippen molar-refractivity contribution in [3.05, 3.63) is 48.0 Å². The molecule has 1 atom stereocenters. The number of halogens is 5. The van der Waals surface area contributed by atoms with Gasteiger partial charge >= 0.3 is 12.3 Å². The summed E-state index contributed by atoms with van der Waals surface area (Å²) in [7, 11) is 0. The Kier molecular flexibility index (Phi) is 12.0. The van der Waals surface area contributed by atoms with Crippen LogP contribution in [0, 0.1) is 11.6 Å². The van der Waals surface area contributed by atoms with Gasteiger partial charge in [-0.1, -0.05) is 64.5 Å². The highest BCUT2D eigenvalue weighted by molar-refractivity contribution is 5.68. The molecule has 2 aromatic rings. The number of unbranched alkanes of at least 4 members (excludes halogenated alkanes) is 6. The molecule has 0 fully saturated rings. The van der Waals surface area contributed by atoms with Gasteiger partial charge in [0.05, 0.1) is 6.61 Å². The fourth-order valence-corrected chi connectivity index (χ4v) is 3.56. The van der Waals surface area contributed by atoms with Crippen molar-refractivity contribution < 1.29 is 41.0 Å². The molecule has 4 nitrogen and oxygen atoms in total. The number of rotatable bonds is 14. The van der Waals surface area contributed by atoms with Gasteiger partial charge in [0.1, 0.15) is 5.75 Å². The zero-order valence-corrected chi connectivity index (χ0v) is 20.6. The van der Waals surface area contributed by atoms with Gasteiger partial charge in [0.2, 0.25) is 11.9 Å². The van der Waals surface area contributed by atoms with Crippen LogP contribution in [0.3, 0.4) is 0 Å². The van der Waals surface area contributed by atoms with Crippen LogP contribution >= 0.6 is 0 Å². The highest BCUT2D eigenvalue weighted by Crippen LogP contribution is 2.32. The fourth-order valence-electron chi connectivity index (χ4n) is 3.56. The van der Waals surface area contributed by atoms with Gasteiger partial charge in [0.25, 0.3) is 0 Å². The van der Waals surface area contributed by atoms with Gasteiger partial charge in [-0.05, 0) is 49.1 Å². The molecule has 0 aliphatic rings. The summed E-state index contributed by atoms with van der Waals surface area (Å²) in [5.74, 6) is -3.08. The molecule has 200 valence electrons. The van der Waals surface area contributed by atoms with E-state index >= 15 is 0 Å². The van der Waals surface area contributed by atoms with E-state index in [0.29, 0.717) is 24.3 Å². The average Bonchev–Trinajstić information content (AvgIpc) is 2.84. The highest BCUT2D eigenvalue weighted by Gasteiger charge is 2.43. The van der Waals surface area contributed by atoms with E-state index in [2.05, 4.69) is 16.4 Å². The lowest BCUT2D eigenvalue weighted by Gasteiger charge is -2.20. The maximum atomic E-state index is 14.7. The summed E-state index contributed by atoms with van der Waals surface area (Å²) in [6.45, 7) is 4.58. The van der Waals surface area contributed by atoms with E-state index in [0.717, 1.165) is 44.6 Å². The summed E-state index contributed by atoms with van der Waals surface area (Å²) in [6, 6.07) is 8.52. The van der Waals surface area contributed by atoms with Crippen molar-refractivity contribution in [2.45, 2.75) is 83.9 Å². The molecule has 0 heterocycles. The van der Waals surface area contributed by atoms with Gasteiger partial charge in [0.15, 0.2) is 11.6 Å². The van der Waals surface area contributed by atoms with Gasteiger partial charge in [-0.3, -0.25) is 0 Å². The normalized spacial score (nSPS) is 12.3. The number of carbonyl (C=O) groups excluding carboxylic acids is 1. The molecule has 0 aliphatic heterocycles. The predicted octanol–water partition coefficient (Wildman–Crippen LogP) is 9.01. The number of benzene rings is 2. The van der Waals surface area contributed by atoms with Crippen molar-refractivity contribution in [1.29, 1.82) is 0 Å². The molecule has 0 N–H and O–H groups in total. The van der Waals surface area contributed by atoms with Gasteiger partial charge < -0.3 is 14.2 Å². The van der Waals surface area contributed by atoms with Crippen molar-refractivity contribution in [2.75, 3.05) is 6.61 Å². The van der Waals surface area contributed by atoms with Gasteiger partial charge in [-0.25, -0.2) is 9.18 Å². The third-order valence-corrected chi connectivity index (χ3v) is 5.60. The molecule has 2 aromatic carbocycles. The summed E-state index contributed by atoms with van der Waals surface area (Å²) in [6.07, 6.45) is -2.81. The molecule has 36 heavy (non-hydrogen) atoms. The zero-order valence-electron chi connectivity index (χ0n) is 20.6. The molecule has 0 spiro atoms. The lowest BCUT2D eigenvalue weighted by molar-refractivity contribution is -0.208. The first kappa shape index (κ1) is 29.4. The second kappa shape index (κ2) is 14.7. The van der Waals surface area contributed by atoms with Crippen LogP contribution in [0.1, 0.15) is 71.6 Å². The highest BCUT2D eigenvalue weighted by atomic mass is 19.4. The van der Waals surface area contributed by atoms with E-state index in [1.54, 1.807) is 24.3 Å². The average molecular weight is 517 g/mol. The smallest absolute Gasteiger partial charge is 0.494 e. The molecule has 0 amide bonds. The number of ether oxygens (including phenoxy) is 3. The van der Waals surface area contributed by atoms with Crippen LogP contribution in [-0.4, -0.2) is 25.0 Å². The molecule has 9 heteroatoms. The largest absolute Gasteiger partial charge is 0.514 e. The molecule has 1 unspecified atom stereocenters. The quantitative estimate of drug-likeness (QED) is 0.109. The van der Waals surface area contributed by atoms with Gasteiger partial charge in [0, 0.05) is 5.56 Å². The monoisotopic (exact) mass is 516 g/mol. The minimum absolute atomic E-state index is 0.105. The third-order valence-electron chi connectivity index (χ3n) is 5.60. The van der Waals surface area contributed by atoms with E-state index in [4.69, 9.17) is 4.74 Å². The van der Waals surface area contributed by atoms with Crippen molar-refractivity contribution in [3.63, 3.8) is 0 Å². The van der Waals surface area contributed by atoms with Gasteiger partial charge in [-0.15, -0.1) is 0 Å². The van der Waals surface area contributed by atoms with Crippen molar-refractivity contribution in [3.8, 4) is 22.6 Å². The minimum atomic E-state index is -4.80. The van der Waals surface area contributed by atoms with Crippen LogP contribution in [0.2, 0.25) is 0 Å². The maximum absolute atomic E-state index is 14.7. The maximum Gasteiger partial charge on any atom is 0.514 e. The van der Waals surface area contributed by atoms with Crippen LogP contribution in [0.25, 0.3) is 11.1 Å². The first-order chi connectivity index (χ1) is 17.2. The molecule has 0 aromatic heterocycles. The van der Waals surface area contributed by atoms with Crippen molar-refractivity contribution >= 4 is 6.16 Å². The summed E-state index contributed by atoms with van der Waals surface area (Å²) in [5, 5.41) is 0. The van der Waals surface area contributed by atoms with Crippen LogP contribution in [0.15, 0.2) is 36.4 Å². The minimum Gasteiger partial charge on any atom is -0.494 e. The number of hydrogen-bond donors (Lipinski definition) is 0. The summed E-state index contributed by atoms with van der Waals surface area (Å²) in [5.41, 5.74) is 0.245. The number of hydrogen-bond acceptors (Lipinski definition) is 4. The Bertz CT molecular complexity index is 944. The van der Waals surface area contributed by atoms with Crippen LogP contribution < -0.4 is 9.47 Å². The van der Waals surface area contributed by atoms with E-state index in [-0.39, 0.29) is 12.0 Å². The molecule has 0 bridgehead atoms. The standard InChI is InChI=1S/C27H33F5O4/c1-3-5-7-9-11-23(27(30,31)32)36-26(33)35-22-17-16-21(24(28)25(22)29)19-12-14-20(15-13-19)34-18-10-8-6-4-2/h12-17,23H,3-11,18H2,1-2H3. The molecule has 0 saturated heterocycles. The summed E-state index contributed by atoms with van der Waals surface area (Å²) >= 11 is 0. The molecule has 0 aliphatic carbocycles. The summed E-state index contributed by atoms with van der Waals surface area (Å²) < 4.78 is 83.4. The first-order valence-corrected chi connectivity index (χ1v) is 12.3. The number of carbonyl (C=O) groups is 1. The SMILES string of the molecule is CCCCCCOc1ccc(-c2ccc(OC(=O)OC(CCCCCC)C(F)(F)F)c(F)c2F)cc1. The Balaban J connectivity index is 2.01. The Morgan fingerprint density at radius 1 is 0.833 bits per heavy atom. The van der Waals surface area contributed by atoms with E-state index in [1.165, 1.54) is 6.07 Å². The Morgan fingerprint density at radius 3 is 2.08 bits per heavy atom. The Labute approximate surface area is 208 Å². The van der Waals surface area contributed by atoms with Gasteiger partial charge in [-0.2, -0.15) is 17.6 Å². The fraction of sp³-hybridized carbons (Fsp3) is 0.519. The van der Waals surface area contributed by atoms with E-state index in [1.807, 2.05) is 6.92 Å². The molecule has 0 saturated carbocycles. The van der Waals surface area contributed by atoms with Crippen LogP contribution in [0.4, 0.5) is 26.7 Å². The molecular weight excluding hydrogens is 483 g/mol. The molecule has 0 radical (unpaired) electrons. The topological polar surface area (TPSA) is 44.8 Å². The van der Waals surface area contributed by atoms with E-state index < -0.39 is 42.2 Å². The van der Waals surface area contributed by atoms with Crippen LogP contribution in [-0.2, 0) is 4.74 Å². The third kappa shape index (κ3) is 9.32. The van der Waals surface area contributed by atoms with Crippen molar-refractivity contribution in [1.82, 2.24) is 0 Å². The zero-order chi connectivity index (χ0) is 26.6.